The highest BCUT2D eigenvalue weighted by Gasteiger charge is 2.16. The van der Waals surface area contributed by atoms with Crippen molar-refractivity contribution in [3.8, 4) is 0 Å². The van der Waals surface area contributed by atoms with E-state index in [1.54, 1.807) is 12.1 Å². The number of hydrogen-bond donors (Lipinski definition) is 1. The summed E-state index contributed by atoms with van der Waals surface area (Å²) in [6.45, 7) is 4.26. The predicted molar refractivity (Wildman–Crippen MR) is 84.1 cm³/mol. The second-order valence-electron chi connectivity index (χ2n) is 5.26. The fourth-order valence-corrected chi connectivity index (χ4v) is 2.44. The highest BCUT2D eigenvalue weighted by molar-refractivity contribution is 6.30. The Morgan fingerprint density at radius 2 is 2.14 bits per heavy atom. The molecule has 2 atom stereocenters. The molecule has 0 aliphatic rings. The Labute approximate surface area is 130 Å². The smallest absolute Gasteiger partial charge is 0.129 e. The van der Waals surface area contributed by atoms with Gasteiger partial charge in [0.05, 0.1) is 5.69 Å². The minimum atomic E-state index is -0.289. The van der Waals surface area contributed by atoms with Crippen LogP contribution in [0.25, 0.3) is 0 Å². The van der Waals surface area contributed by atoms with Crippen molar-refractivity contribution in [2.75, 3.05) is 7.05 Å². The lowest BCUT2D eigenvalue weighted by Gasteiger charge is -2.16. The topological polar surface area (TPSA) is 29.9 Å². The lowest BCUT2D eigenvalue weighted by Crippen LogP contribution is -2.20. The van der Waals surface area contributed by atoms with Gasteiger partial charge in [0, 0.05) is 35.3 Å². The summed E-state index contributed by atoms with van der Waals surface area (Å²) < 4.78 is 16.0. The summed E-state index contributed by atoms with van der Waals surface area (Å²) in [4.78, 5) is 0. The summed E-state index contributed by atoms with van der Waals surface area (Å²) >= 11 is 5.80. The Morgan fingerprint density at radius 3 is 2.76 bits per heavy atom. The predicted octanol–water partition coefficient (Wildman–Crippen LogP) is 4.15. The van der Waals surface area contributed by atoms with Crippen molar-refractivity contribution >= 4 is 11.6 Å². The molecular formula is C16H21ClFN3. The molecule has 21 heavy (non-hydrogen) atoms. The number of nitrogens with zero attached hydrogens (tertiary/aromatic N) is 2. The molecule has 3 nitrogen and oxygen atoms in total. The van der Waals surface area contributed by atoms with Gasteiger partial charge in [-0.15, -0.1) is 0 Å². The highest BCUT2D eigenvalue weighted by atomic mass is 35.5. The summed E-state index contributed by atoms with van der Waals surface area (Å²) in [7, 11) is 1.82. The third kappa shape index (κ3) is 3.83. The fraction of sp³-hybridized carbons (Fsp3) is 0.438. The molecule has 1 N–H and O–H groups in total. The summed E-state index contributed by atoms with van der Waals surface area (Å²) in [6, 6.07) is 7.03. The van der Waals surface area contributed by atoms with Gasteiger partial charge in [-0.05, 0) is 38.6 Å². The van der Waals surface area contributed by atoms with Crippen LogP contribution < -0.4 is 5.32 Å². The van der Waals surface area contributed by atoms with Crippen LogP contribution in [0.3, 0.4) is 0 Å². The third-order valence-electron chi connectivity index (χ3n) is 3.81. The molecule has 1 heterocycles. The van der Waals surface area contributed by atoms with Gasteiger partial charge >= 0.3 is 0 Å². The number of halogens is 2. The number of benzene rings is 1. The molecule has 5 heteroatoms. The first-order chi connectivity index (χ1) is 10.0. The van der Waals surface area contributed by atoms with Crippen LogP contribution >= 0.6 is 11.6 Å². The Morgan fingerprint density at radius 1 is 1.38 bits per heavy atom. The SMILES string of the molecule is CCC(C)n1ccc(CC(NC)c2ccc(Cl)cc2F)n1. The number of likely N-dealkylation sites (N-methyl/N-ethyl adjacent to an activating group) is 1. The van der Waals surface area contributed by atoms with Crippen LogP contribution in [0.2, 0.25) is 5.02 Å². The van der Waals surface area contributed by atoms with Gasteiger partial charge in [0.15, 0.2) is 0 Å². The molecule has 114 valence electrons. The van der Waals surface area contributed by atoms with Crippen LogP contribution in [-0.2, 0) is 6.42 Å². The second-order valence-corrected chi connectivity index (χ2v) is 5.69. The maximum Gasteiger partial charge on any atom is 0.129 e. The van der Waals surface area contributed by atoms with E-state index in [0.29, 0.717) is 23.0 Å². The zero-order chi connectivity index (χ0) is 15.4. The van der Waals surface area contributed by atoms with E-state index in [2.05, 4.69) is 24.3 Å². The highest BCUT2D eigenvalue weighted by Crippen LogP contribution is 2.23. The van der Waals surface area contributed by atoms with Gasteiger partial charge in [0.25, 0.3) is 0 Å². The lowest BCUT2D eigenvalue weighted by atomic mass is 10.0. The zero-order valence-electron chi connectivity index (χ0n) is 12.6. The van der Waals surface area contributed by atoms with Crippen molar-refractivity contribution in [1.82, 2.24) is 15.1 Å². The maximum absolute atomic E-state index is 14.0. The van der Waals surface area contributed by atoms with Crippen molar-refractivity contribution in [3.05, 3.63) is 52.6 Å². The Kier molecular flexibility index (Phi) is 5.37. The van der Waals surface area contributed by atoms with Crippen LogP contribution in [0.15, 0.2) is 30.5 Å². The molecule has 0 spiro atoms. The van der Waals surface area contributed by atoms with Crippen molar-refractivity contribution in [3.63, 3.8) is 0 Å². The molecule has 0 saturated heterocycles. The molecule has 0 fully saturated rings. The maximum atomic E-state index is 14.0. The van der Waals surface area contributed by atoms with Gasteiger partial charge in [0.1, 0.15) is 5.82 Å². The number of aromatic nitrogens is 2. The molecule has 0 bridgehead atoms. The Hall–Kier alpha value is -1.39. The largest absolute Gasteiger partial charge is 0.313 e. The molecule has 0 aliphatic heterocycles. The Bertz CT molecular complexity index is 597. The fourth-order valence-electron chi connectivity index (χ4n) is 2.28. The first kappa shape index (κ1) is 16.0. The van der Waals surface area contributed by atoms with Crippen LogP contribution in [0.1, 0.15) is 43.6 Å². The molecule has 0 aliphatic carbocycles. The van der Waals surface area contributed by atoms with Gasteiger partial charge in [-0.3, -0.25) is 4.68 Å². The van der Waals surface area contributed by atoms with Crippen LogP contribution in [-0.4, -0.2) is 16.8 Å². The minimum Gasteiger partial charge on any atom is -0.313 e. The van der Waals surface area contributed by atoms with Crippen molar-refractivity contribution in [1.29, 1.82) is 0 Å². The van der Waals surface area contributed by atoms with E-state index in [1.165, 1.54) is 6.07 Å². The molecule has 1 aromatic heterocycles. The first-order valence-corrected chi connectivity index (χ1v) is 7.59. The molecule has 2 unspecified atom stereocenters. The summed E-state index contributed by atoms with van der Waals surface area (Å²) in [5.74, 6) is -0.289. The number of hydrogen-bond acceptors (Lipinski definition) is 2. The van der Waals surface area contributed by atoms with Gasteiger partial charge in [0.2, 0.25) is 0 Å². The average molecular weight is 310 g/mol. The van der Waals surface area contributed by atoms with Gasteiger partial charge in [-0.25, -0.2) is 4.39 Å². The third-order valence-corrected chi connectivity index (χ3v) is 4.04. The van der Waals surface area contributed by atoms with Crippen molar-refractivity contribution in [2.24, 2.45) is 0 Å². The van der Waals surface area contributed by atoms with E-state index in [4.69, 9.17) is 11.6 Å². The summed E-state index contributed by atoms with van der Waals surface area (Å²) in [5.41, 5.74) is 1.56. The average Bonchev–Trinajstić information content (AvgIpc) is 2.93. The van der Waals surface area contributed by atoms with E-state index < -0.39 is 0 Å². The molecule has 0 radical (unpaired) electrons. The van der Waals surface area contributed by atoms with Crippen LogP contribution in [0.5, 0.6) is 0 Å². The molecule has 1 aromatic carbocycles. The van der Waals surface area contributed by atoms with Crippen molar-refractivity contribution in [2.45, 2.75) is 38.8 Å². The Balaban J connectivity index is 2.17. The molecule has 2 rings (SSSR count). The van der Waals surface area contributed by atoms with E-state index in [-0.39, 0.29) is 11.9 Å². The number of nitrogens with one attached hydrogen (secondary N) is 1. The minimum absolute atomic E-state index is 0.123. The van der Waals surface area contributed by atoms with E-state index >= 15 is 0 Å². The zero-order valence-corrected chi connectivity index (χ0v) is 13.4. The molecule has 0 amide bonds. The van der Waals surface area contributed by atoms with Gasteiger partial charge < -0.3 is 5.32 Å². The van der Waals surface area contributed by atoms with E-state index in [1.807, 2.05) is 24.0 Å². The number of rotatable bonds is 6. The van der Waals surface area contributed by atoms with Crippen molar-refractivity contribution < 1.29 is 4.39 Å². The van der Waals surface area contributed by atoms with E-state index in [9.17, 15) is 4.39 Å². The van der Waals surface area contributed by atoms with Crippen LogP contribution in [0, 0.1) is 5.82 Å². The molecular weight excluding hydrogens is 289 g/mol. The molecule has 2 aromatic rings. The van der Waals surface area contributed by atoms with E-state index in [0.717, 1.165) is 12.1 Å². The lowest BCUT2D eigenvalue weighted by molar-refractivity contribution is 0.467. The monoisotopic (exact) mass is 309 g/mol. The van der Waals surface area contributed by atoms with Gasteiger partial charge in [-0.1, -0.05) is 24.6 Å². The first-order valence-electron chi connectivity index (χ1n) is 7.21. The molecule has 0 saturated carbocycles. The van der Waals surface area contributed by atoms with Gasteiger partial charge in [-0.2, -0.15) is 5.10 Å². The van der Waals surface area contributed by atoms with Crippen LogP contribution in [0.4, 0.5) is 4.39 Å². The summed E-state index contributed by atoms with van der Waals surface area (Å²) in [6.07, 6.45) is 3.65. The normalized spacial score (nSPS) is 14.1. The quantitative estimate of drug-likeness (QED) is 0.868. The second kappa shape index (κ2) is 7.05. The summed E-state index contributed by atoms with van der Waals surface area (Å²) in [5, 5.41) is 8.13. The standard InChI is InChI=1S/C16H21ClFN3/c1-4-11(2)21-8-7-13(20-21)10-16(19-3)14-6-5-12(17)9-15(14)18/h5-9,11,16,19H,4,10H2,1-3H3.